The van der Waals surface area contributed by atoms with E-state index in [2.05, 4.69) is 228 Å². The molecule has 0 bridgehead atoms. The Kier molecular flexibility index (Phi) is 9.93. The molecule has 2 aliphatic heterocycles. The Morgan fingerprint density at radius 1 is 0.400 bits per heavy atom. The zero-order valence-electron chi connectivity index (χ0n) is 39.5. The van der Waals surface area contributed by atoms with Crippen molar-refractivity contribution in [3.63, 3.8) is 0 Å². The van der Waals surface area contributed by atoms with Gasteiger partial charge in [-0.1, -0.05) is 170 Å². The molecule has 70 heavy (non-hydrogen) atoms. The fourth-order valence-electron chi connectivity index (χ4n) is 12.9. The smallest absolute Gasteiger partial charge is 0.0493 e. The van der Waals surface area contributed by atoms with Crippen LogP contribution in [0.2, 0.25) is 0 Å². The summed E-state index contributed by atoms with van der Waals surface area (Å²) in [4.78, 5) is 5.18. The van der Waals surface area contributed by atoms with Gasteiger partial charge in [0.25, 0.3) is 0 Å². The SMILES string of the molecule is C1=CC2C=CC=C(c3c4cc(N5C6=C(CCC=C6)CCC6=C5C=CCC6)ccc4c(-c4ccccc4-c4cccc5ccccc45)c4cc(N5c6ccccc6CCc6ccccc65)ccc34)C2C=C1. The van der Waals surface area contributed by atoms with Crippen LogP contribution < -0.4 is 9.80 Å². The topological polar surface area (TPSA) is 6.48 Å². The maximum absolute atomic E-state index is 2.64. The van der Waals surface area contributed by atoms with Crippen molar-refractivity contribution < 1.29 is 0 Å². The third-order valence-electron chi connectivity index (χ3n) is 16.2. The summed E-state index contributed by atoms with van der Waals surface area (Å²) in [6.07, 6.45) is 34.8. The van der Waals surface area contributed by atoms with Gasteiger partial charge in [0.2, 0.25) is 0 Å². The summed E-state index contributed by atoms with van der Waals surface area (Å²) in [6.45, 7) is 0. The van der Waals surface area contributed by atoms with E-state index >= 15 is 0 Å². The molecule has 0 saturated carbocycles. The van der Waals surface area contributed by atoms with Crippen LogP contribution in [0.5, 0.6) is 0 Å². The van der Waals surface area contributed by atoms with Crippen molar-refractivity contribution in [2.45, 2.75) is 51.4 Å². The molecule has 2 heterocycles. The molecule has 2 unspecified atom stereocenters. The van der Waals surface area contributed by atoms with Crippen molar-refractivity contribution in [2.75, 3.05) is 9.80 Å². The average molecular weight is 899 g/mol. The number of aryl methyl sites for hydroxylation is 2. The Morgan fingerprint density at radius 2 is 0.971 bits per heavy atom. The second-order valence-electron chi connectivity index (χ2n) is 19.9. The van der Waals surface area contributed by atoms with Crippen LogP contribution in [0.4, 0.5) is 22.7 Å². The van der Waals surface area contributed by atoms with Crippen LogP contribution in [0.25, 0.3) is 60.1 Å². The van der Waals surface area contributed by atoms with Crippen molar-refractivity contribution in [1.29, 1.82) is 0 Å². The quantitative estimate of drug-likeness (QED) is 0.159. The van der Waals surface area contributed by atoms with E-state index in [9.17, 15) is 0 Å². The summed E-state index contributed by atoms with van der Waals surface area (Å²) in [5.74, 6) is 0.507. The van der Waals surface area contributed by atoms with E-state index in [0.717, 1.165) is 51.4 Å². The molecule has 0 N–H and O–H groups in total. The van der Waals surface area contributed by atoms with Gasteiger partial charge < -0.3 is 9.80 Å². The van der Waals surface area contributed by atoms with Crippen molar-refractivity contribution in [2.24, 2.45) is 11.8 Å². The number of fused-ring (bicyclic) bond motifs is 6. The Bertz CT molecular complexity index is 3660. The van der Waals surface area contributed by atoms with Crippen LogP contribution in [-0.4, -0.2) is 0 Å². The minimum Gasteiger partial charge on any atom is -0.311 e. The number of hydrogen-bond donors (Lipinski definition) is 0. The highest BCUT2D eigenvalue weighted by Gasteiger charge is 2.32. The van der Waals surface area contributed by atoms with Crippen molar-refractivity contribution in [1.82, 2.24) is 0 Å². The molecule has 14 rings (SSSR count). The zero-order valence-corrected chi connectivity index (χ0v) is 39.5. The summed E-state index contributed by atoms with van der Waals surface area (Å²) in [7, 11) is 0. The van der Waals surface area contributed by atoms with Crippen LogP contribution in [0.3, 0.4) is 0 Å². The zero-order chi connectivity index (χ0) is 46.1. The molecule has 2 nitrogen and oxygen atoms in total. The predicted octanol–water partition coefficient (Wildman–Crippen LogP) is 18.2. The van der Waals surface area contributed by atoms with Gasteiger partial charge >= 0.3 is 0 Å². The number of allylic oxidation sites excluding steroid dienone is 14. The molecule has 6 aliphatic rings. The molecule has 2 heteroatoms. The molecule has 0 radical (unpaired) electrons. The highest BCUT2D eigenvalue weighted by atomic mass is 15.2. The van der Waals surface area contributed by atoms with E-state index < -0.39 is 0 Å². The van der Waals surface area contributed by atoms with Crippen molar-refractivity contribution in [3.05, 3.63) is 258 Å². The second kappa shape index (κ2) is 16.9. The molecule has 0 saturated heterocycles. The lowest BCUT2D eigenvalue weighted by Crippen LogP contribution is -2.23. The summed E-state index contributed by atoms with van der Waals surface area (Å²) in [5.41, 5.74) is 21.3. The van der Waals surface area contributed by atoms with Gasteiger partial charge in [-0.2, -0.15) is 0 Å². The van der Waals surface area contributed by atoms with E-state index in [4.69, 9.17) is 0 Å². The van der Waals surface area contributed by atoms with Gasteiger partial charge in [0.05, 0.1) is 0 Å². The second-order valence-corrected chi connectivity index (χ2v) is 19.9. The molecule has 0 spiro atoms. The van der Waals surface area contributed by atoms with Gasteiger partial charge in [0, 0.05) is 46.0 Å². The average Bonchev–Trinajstić information content (AvgIpc) is 3.70. The Morgan fingerprint density at radius 3 is 1.71 bits per heavy atom. The van der Waals surface area contributed by atoms with Crippen LogP contribution in [-0.2, 0) is 12.8 Å². The fraction of sp³-hybridized carbons (Fsp3) is 0.147. The van der Waals surface area contributed by atoms with Gasteiger partial charge in [-0.3, -0.25) is 0 Å². The fourth-order valence-corrected chi connectivity index (χ4v) is 12.9. The van der Waals surface area contributed by atoms with Crippen molar-refractivity contribution in [3.8, 4) is 22.3 Å². The van der Waals surface area contributed by atoms with E-state index in [-0.39, 0.29) is 5.92 Å². The molecule has 2 atom stereocenters. The van der Waals surface area contributed by atoms with Gasteiger partial charge in [0.1, 0.15) is 0 Å². The minimum absolute atomic E-state index is 0.215. The first-order chi connectivity index (χ1) is 34.7. The lowest BCUT2D eigenvalue weighted by atomic mass is 9.74. The van der Waals surface area contributed by atoms with Crippen LogP contribution in [0, 0.1) is 11.8 Å². The van der Waals surface area contributed by atoms with Crippen LogP contribution in [0.1, 0.15) is 55.2 Å². The van der Waals surface area contributed by atoms with Gasteiger partial charge in [-0.15, -0.1) is 0 Å². The molecule has 0 amide bonds. The number of para-hydroxylation sites is 2. The molecule has 8 aromatic rings. The largest absolute Gasteiger partial charge is 0.311 e. The van der Waals surface area contributed by atoms with E-state index in [0.29, 0.717) is 5.92 Å². The summed E-state index contributed by atoms with van der Waals surface area (Å²) in [5, 5.41) is 7.62. The number of rotatable bonds is 5. The number of nitrogens with zero attached hydrogens (tertiary/aromatic N) is 2. The molecule has 336 valence electrons. The first-order valence-electron chi connectivity index (χ1n) is 25.6. The maximum Gasteiger partial charge on any atom is 0.0493 e. The first kappa shape index (κ1) is 41.1. The Hall–Kier alpha value is -7.94. The van der Waals surface area contributed by atoms with Gasteiger partial charge in [-0.05, 0) is 188 Å². The summed E-state index contributed by atoms with van der Waals surface area (Å²) < 4.78 is 0. The van der Waals surface area contributed by atoms with E-state index in [1.165, 1.54) is 111 Å². The van der Waals surface area contributed by atoms with E-state index in [1.807, 2.05) is 0 Å². The molecular formula is C68H54N2. The lowest BCUT2D eigenvalue weighted by molar-refractivity contribution is 0.679. The van der Waals surface area contributed by atoms with Crippen LogP contribution in [0.15, 0.2) is 241 Å². The number of hydrogen-bond acceptors (Lipinski definition) is 2. The third kappa shape index (κ3) is 6.68. The van der Waals surface area contributed by atoms with Gasteiger partial charge in [0.15, 0.2) is 0 Å². The Balaban J connectivity index is 1.12. The molecule has 0 fully saturated rings. The molecule has 4 aliphatic carbocycles. The maximum atomic E-state index is 2.64. The summed E-state index contributed by atoms with van der Waals surface area (Å²) >= 11 is 0. The standard InChI is InChI=1S/C68H54N2/c1-7-25-53-45(17-1)23-15-29-55(53)56-27-9-10-28-58(56)68-60-42-40-51(69-63-31-11-3-19-47(63)35-36-48-20-4-12-32-64(48)69)43-61(60)67(57-30-16-24-46-18-2-8-26-54(46)57)59-41-39-52(44-62(59)68)70-65-33-13-5-21-49(65)37-38-50-22-6-14-34-66(50)70/h1-2,5-18,21-34,39-44,46,54H,3-4,19-20,35-38H2. The first-order valence-corrected chi connectivity index (χ1v) is 25.6. The monoisotopic (exact) mass is 898 g/mol. The third-order valence-corrected chi connectivity index (χ3v) is 16.2. The normalized spacial score (nSPS) is 19.2. The number of anilines is 4. The lowest BCUT2D eigenvalue weighted by Gasteiger charge is -2.33. The molecule has 8 aromatic carbocycles. The predicted molar refractivity (Wildman–Crippen MR) is 297 cm³/mol. The molecular weight excluding hydrogens is 845 g/mol. The highest BCUT2D eigenvalue weighted by Crippen LogP contribution is 2.52. The molecule has 0 aromatic heterocycles. The van der Waals surface area contributed by atoms with Crippen LogP contribution >= 0.6 is 0 Å². The Labute approximate surface area is 411 Å². The van der Waals surface area contributed by atoms with E-state index in [1.54, 1.807) is 11.1 Å². The van der Waals surface area contributed by atoms with Crippen molar-refractivity contribution >= 4 is 60.6 Å². The number of benzene rings is 8. The summed E-state index contributed by atoms with van der Waals surface area (Å²) in [6, 6.07) is 57.9. The minimum atomic E-state index is 0.215. The highest BCUT2D eigenvalue weighted by molar-refractivity contribution is 6.22. The van der Waals surface area contributed by atoms with Gasteiger partial charge in [-0.25, -0.2) is 0 Å².